The molecule has 0 aliphatic heterocycles. The van der Waals surface area contributed by atoms with Gasteiger partial charge in [-0.15, -0.1) is 0 Å². The van der Waals surface area contributed by atoms with E-state index in [1.807, 2.05) is 25.1 Å². The fraction of sp³-hybridized carbons (Fsp3) is 0.571. The molecule has 2 N–H and O–H groups in total. The largest absolute Gasteiger partial charge is 0.490 e. The molecule has 94 valence electrons. The van der Waals surface area contributed by atoms with E-state index < -0.39 is 5.60 Å². The maximum absolute atomic E-state index is 9.91. The zero-order valence-corrected chi connectivity index (χ0v) is 10.4. The summed E-state index contributed by atoms with van der Waals surface area (Å²) in [5.74, 6) is 0.799. The molecular formula is C14H20O3. The monoisotopic (exact) mass is 236 g/mol. The Labute approximate surface area is 102 Å². The highest BCUT2D eigenvalue weighted by Crippen LogP contribution is 2.36. The summed E-state index contributed by atoms with van der Waals surface area (Å²) >= 11 is 0. The van der Waals surface area contributed by atoms with Crippen molar-refractivity contribution in [1.29, 1.82) is 0 Å². The topological polar surface area (TPSA) is 49.7 Å². The van der Waals surface area contributed by atoms with Gasteiger partial charge in [-0.3, -0.25) is 0 Å². The van der Waals surface area contributed by atoms with Crippen LogP contribution in [0.5, 0.6) is 5.75 Å². The zero-order chi connectivity index (χ0) is 12.5. The van der Waals surface area contributed by atoms with Crippen molar-refractivity contribution < 1.29 is 14.9 Å². The third-order valence-corrected chi connectivity index (χ3v) is 3.50. The first kappa shape index (κ1) is 12.4. The van der Waals surface area contributed by atoms with E-state index in [1.54, 1.807) is 6.92 Å². The fourth-order valence-electron chi connectivity index (χ4n) is 2.07. The number of hydrogen-bond acceptors (Lipinski definition) is 3. The summed E-state index contributed by atoms with van der Waals surface area (Å²) in [6.07, 6.45) is 1.91. The van der Waals surface area contributed by atoms with E-state index in [9.17, 15) is 10.2 Å². The minimum absolute atomic E-state index is 0.288. The number of benzene rings is 1. The lowest BCUT2D eigenvalue weighted by Gasteiger charge is -2.22. The van der Waals surface area contributed by atoms with Gasteiger partial charge in [0.25, 0.3) is 0 Å². The van der Waals surface area contributed by atoms with E-state index in [2.05, 4.69) is 0 Å². The van der Waals surface area contributed by atoms with Crippen molar-refractivity contribution in [2.45, 2.75) is 44.8 Å². The summed E-state index contributed by atoms with van der Waals surface area (Å²) in [5.41, 5.74) is 1.27. The Balaban J connectivity index is 2.13. The molecule has 0 saturated carbocycles. The summed E-state index contributed by atoms with van der Waals surface area (Å²) in [6, 6.07) is 5.74. The maximum Gasteiger partial charge on any atom is 0.123 e. The summed E-state index contributed by atoms with van der Waals surface area (Å²) < 4.78 is 5.69. The van der Waals surface area contributed by atoms with Crippen LogP contribution in [-0.2, 0) is 6.42 Å². The molecule has 1 aliphatic carbocycles. The van der Waals surface area contributed by atoms with Crippen LogP contribution in [0.3, 0.4) is 0 Å². The minimum Gasteiger partial charge on any atom is -0.490 e. The average Bonchev–Trinajstić information content (AvgIpc) is 2.70. The molecule has 0 radical (unpaired) electrons. The Hall–Kier alpha value is -1.06. The second kappa shape index (κ2) is 4.67. The van der Waals surface area contributed by atoms with Crippen molar-refractivity contribution in [3.63, 3.8) is 0 Å². The van der Waals surface area contributed by atoms with Crippen molar-refractivity contribution in [3.05, 3.63) is 29.3 Å². The lowest BCUT2D eigenvalue weighted by atomic mass is 10.1. The molecule has 0 heterocycles. The SMILES string of the molecule is CCC(C)(O)COc1cccc2c1CCC2O. The van der Waals surface area contributed by atoms with Crippen LogP contribution in [-0.4, -0.2) is 22.4 Å². The highest BCUT2D eigenvalue weighted by Gasteiger charge is 2.25. The number of rotatable bonds is 4. The lowest BCUT2D eigenvalue weighted by Crippen LogP contribution is -2.31. The van der Waals surface area contributed by atoms with Gasteiger partial charge >= 0.3 is 0 Å². The lowest BCUT2D eigenvalue weighted by molar-refractivity contribution is 0.00821. The van der Waals surface area contributed by atoms with Crippen LogP contribution in [0, 0.1) is 0 Å². The molecular weight excluding hydrogens is 216 g/mol. The van der Waals surface area contributed by atoms with Crippen LogP contribution < -0.4 is 4.74 Å². The van der Waals surface area contributed by atoms with Gasteiger partial charge in [-0.25, -0.2) is 0 Å². The first-order valence-electron chi connectivity index (χ1n) is 6.18. The molecule has 17 heavy (non-hydrogen) atoms. The van der Waals surface area contributed by atoms with Gasteiger partial charge in [0.1, 0.15) is 12.4 Å². The number of fused-ring (bicyclic) bond motifs is 1. The average molecular weight is 236 g/mol. The van der Waals surface area contributed by atoms with E-state index in [1.165, 1.54) is 0 Å². The van der Waals surface area contributed by atoms with Gasteiger partial charge in [0.05, 0.1) is 11.7 Å². The minimum atomic E-state index is -0.792. The molecule has 0 amide bonds. The van der Waals surface area contributed by atoms with Crippen molar-refractivity contribution in [1.82, 2.24) is 0 Å². The molecule has 1 aromatic carbocycles. The second-order valence-electron chi connectivity index (χ2n) is 5.02. The summed E-state index contributed by atoms with van der Waals surface area (Å²) in [6.45, 7) is 3.99. The van der Waals surface area contributed by atoms with Crippen molar-refractivity contribution >= 4 is 0 Å². The van der Waals surface area contributed by atoms with E-state index >= 15 is 0 Å². The van der Waals surface area contributed by atoms with E-state index in [0.29, 0.717) is 6.42 Å². The summed E-state index contributed by atoms with van der Waals surface area (Å²) in [7, 11) is 0. The Kier molecular flexibility index (Phi) is 3.40. The Morgan fingerprint density at radius 2 is 2.24 bits per heavy atom. The van der Waals surface area contributed by atoms with Crippen LogP contribution in [0.15, 0.2) is 18.2 Å². The Bertz CT molecular complexity index is 398. The fourth-order valence-corrected chi connectivity index (χ4v) is 2.07. The van der Waals surface area contributed by atoms with Gasteiger partial charge in [0.2, 0.25) is 0 Å². The number of hydrogen-bond donors (Lipinski definition) is 2. The number of ether oxygens (including phenoxy) is 1. The molecule has 2 atom stereocenters. The van der Waals surface area contributed by atoms with Crippen LogP contribution in [0.25, 0.3) is 0 Å². The molecule has 0 bridgehead atoms. The zero-order valence-electron chi connectivity index (χ0n) is 10.4. The first-order valence-corrected chi connectivity index (χ1v) is 6.18. The third kappa shape index (κ3) is 2.61. The normalized spacial score (nSPS) is 22.0. The van der Waals surface area contributed by atoms with Crippen LogP contribution in [0.2, 0.25) is 0 Å². The van der Waals surface area contributed by atoms with Gasteiger partial charge in [0, 0.05) is 5.56 Å². The quantitative estimate of drug-likeness (QED) is 0.842. The highest BCUT2D eigenvalue weighted by atomic mass is 16.5. The molecule has 0 fully saturated rings. The molecule has 3 nitrogen and oxygen atoms in total. The summed E-state index contributed by atoms with van der Waals surface area (Å²) in [4.78, 5) is 0. The number of aliphatic hydroxyl groups is 2. The highest BCUT2D eigenvalue weighted by molar-refractivity contribution is 5.44. The van der Waals surface area contributed by atoms with Gasteiger partial charge in [0.15, 0.2) is 0 Å². The summed E-state index contributed by atoms with van der Waals surface area (Å²) in [5, 5.41) is 19.7. The van der Waals surface area contributed by atoms with E-state index in [4.69, 9.17) is 4.74 Å². The number of aliphatic hydroxyl groups excluding tert-OH is 1. The van der Waals surface area contributed by atoms with Crippen LogP contribution in [0.4, 0.5) is 0 Å². The molecule has 1 aromatic rings. The van der Waals surface area contributed by atoms with Crippen molar-refractivity contribution in [3.8, 4) is 5.75 Å². The molecule has 0 spiro atoms. The van der Waals surface area contributed by atoms with Gasteiger partial charge in [-0.1, -0.05) is 19.1 Å². The van der Waals surface area contributed by atoms with Gasteiger partial charge in [-0.2, -0.15) is 0 Å². The van der Waals surface area contributed by atoms with Crippen LogP contribution >= 0.6 is 0 Å². The molecule has 0 aromatic heterocycles. The molecule has 2 rings (SSSR count). The molecule has 2 unspecified atom stereocenters. The first-order chi connectivity index (χ1) is 8.03. The third-order valence-electron chi connectivity index (χ3n) is 3.50. The van der Waals surface area contributed by atoms with Crippen LogP contribution in [0.1, 0.15) is 43.9 Å². The molecule has 3 heteroatoms. The van der Waals surface area contributed by atoms with Gasteiger partial charge < -0.3 is 14.9 Å². The Morgan fingerprint density at radius 3 is 2.94 bits per heavy atom. The molecule has 1 aliphatic rings. The van der Waals surface area contributed by atoms with Gasteiger partial charge in [-0.05, 0) is 37.8 Å². The predicted molar refractivity (Wildman–Crippen MR) is 66.1 cm³/mol. The smallest absolute Gasteiger partial charge is 0.123 e. The van der Waals surface area contributed by atoms with Crippen molar-refractivity contribution in [2.24, 2.45) is 0 Å². The predicted octanol–water partition coefficient (Wildman–Crippen LogP) is 2.21. The van der Waals surface area contributed by atoms with Crippen molar-refractivity contribution in [2.75, 3.05) is 6.61 Å². The standard InChI is InChI=1S/C14H20O3/c1-3-14(2,16)9-17-13-6-4-5-10-11(13)7-8-12(10)15/h4-6,12,15-16H,3,7-9H2,1-2H3. The Morgan fingerprint density at radius 1 is 1.47 bits per heavy atom. The molecule has 0 saturated heterocycles. The van der Waals surface area contributed by atoms with E-state index in [-0.39, 0.29) is 12.7 Å². The second-order valence-corrected chi connectivity index (χ2v) is 5.02. The maximum atomic E-state index is 9.91. The van der Waals surface area contributed by atoms with E-state index in [0.717, 1.165) is 29.7 Å².